The summed E-state index contributed by atoms with van der Waals surface area (Å²) in [6.07, 6.45) is 0.549. The van der Waals surface area contributed by atoms with Gasteiger partial charge in [0.05, 0.1) is 6.21 Å². The summed E-state index contributed by atoms with van der Waals surface area (Å²) in [6, 6.07) is 15.2. The van der Waals surface area contributed by atoms with Crippen molar-refractivity contribution in [3.63, 3.8) is 0 Å². The second-order valence-electron chi connectivity index (χ2n) is 4.33. The number of hydrogen-bond acceptors (Lipinski definition) is 3. The van der Waals surface area contributed by atoms with E-state index in [-0.39, 0.29) is 0 Å². The number of nitrogens with one attached hydrogen (secondary N) is 1. The van der Waals surface area contributed by atoms with Crippen molar-refractivity contribution < 1.29 is 13.9 Å². The van der Waals surface area contributed by atoms with Crippen LogP contribution in [0, 0.1) is 5.82 Å². The summed E-state index contributed by atoms with van der Waals surface area (Å²) in [5, 5.41) is 3.72. The average Bonchev–Trinajstić information content (AvgIpc) is 2.50. The Hall–Kier alpha value is -2.69. The lowest BCUT2D eigenvalue weighted by atomic mass is 10.2. The number of hydrogen-bond donors (Lipinski definition) is 1. The first-order valence-electron chi connectivity index (χ1n) is 6.46. The van der Waals surface area contributed by atoms with E-state index in [1.165, 1.54) is 12.3 Å². The fourth-order valence-corrected chi connectivity index (χ4v) is 1.59. The van der Waals surface area contributed by atoms with Crippen LogP contribution in [-0.2, 0) is 4.79 Å². The number of nitrogens with zero attached hydrogens (tertiary/aromatic N) is 1. The number of rotatable bonds is 5. The fourth-order valence-electron chi connectivity index (χ4n) is 1.59. The van der Waals surface area contributed by atoms with E-state index in [1.807, 2.05) is 18.2 Å². The average molecular weight is 286 g/mol. The highest BCUT2D eigenvalue weighted by Crippen LogP contribution is 2.10. The molecule has 0 bridgehead atoms. The van der Waals surface area contributed by atoms with Gasteiger partial charge in [0.25, 0.3) is 5.91 Å². The van der Waals surface area contributed by atoms with Gasteiger partial charge in [0.2, 0.25) is 0 Å². The van der Waals surface area contributed by atoms with Crippen molar-refractivity contribution in [3.8, 4) is 5.75 Å². The Labute approximate surface area is 122 Å². The van der Waals surface area contributed by atoms with Crippen molar-refractivity contribution in [2.75, 3.05) is 0 Å². The second-order valence-corrected chi connectivity index (χ2v) is 4.33. The van der Waals surface area contributed by atoms with Crippen LogP contribution in [0.4, 0.5) is 4.39 Å². The molecule has 1 amide bonds. The molecule has 5 heteroatoms. The van der Waals surface area contributed by atoms with Gasteiger partial charge >= 0.3 is 0 Å². The molecule has 2 aromatic rings. The Bertz CT molecular complexity index is 629. The van der Waals surface area contributed by atoms with E-state index in [0.29, 0.717) is 11.3 Å². The zero-order valence-corrected chi connectivity index (χ0v) is 11.5. The Morgan fingerprint density at radius 3 is 2.57 bits per heavy atom. The summed E-state index contributed by atoms with van der Waals surface area (Å²) in [7, 11) is 0. The van der Waals surface area contributed by atoms with Crippen molar-refractivity contribution in [2.45, 2.75) is 13.0 Å². The van der Waals surface area contributed by atoms with Gasteiger partial charge in [-0.2, -0.15) is 5.10 Å². The van der Waals surface area contributed by atoms with Crippen LogP contribution in [-0.4, -0.2) is 18.2 Å². The molecule has 0 unspecified atom stereocenters. The van der Waals surface area contributed by atoms with Crippen LogP contribution in [0.5, 0.6) is 5.75 Å². The van der Waals surface area contributed by atoms with Gasteiger partial charge in [0, 0.05) is 5.56 Å². The van der Waals surface area contributed by atoms with Gasteiger partial charge < -0.3 is 4.74 Å². The minimum Gasteiger partial charge on any atom is -0.481 e. The van der Waals surface area contributed by atoms with Gasteiger partial charge in [-0.3, -0.25) is 4.79 Å². The number of benzene rings is 2. The van der Waals surface area contributed by atoms with E-state index in [0.717, 1.165) is 0 Å². The molecule has 0 heterocycles. The maximum absolute atomic E-state index is 13.3. The molecular weight excluding hydrogens is 271 g/mol. The highest BCUT2D eigenvalue weighted by molar-refractivity contribution is 5.84. The molecule has 1 atom stereocenters. The van der Waals surface area contributed by atoms with Gasteiger partial charge in [-0.15, -0.1) is 0 Å². The van der Waals surface area contributed by atoms with Gasteiger partial charge in [-0.05, 0) is 25.1 Å². The summed E-state index contributed by atoms with van der Waals surface area (Å²) in [4.78, 5) is 11.8. The molecule has 0 radical (unpaired) electrons. The van der Waals surface area contributed by atoms with E-state index in [1.54, 1.807) is 37.3 Å². The Morgan fingerprint density at radius 2 is 1.86 bits per heavy atom. The van der Waals surface area contributed by atoms with E-state index in [4.69, 9.17) is 4.74 Å². The van der Waals surface area contributed by atoms with E-state index < -0.39 is 17.8 Å². The van der Waals surface area contributed by atoms with Crippen LogP contribution >= 0.6 is 0 Å². The molecule has 21 heavy (non-hydrogen) atoms. The van der Waals surface area contributed by atoms with Gasteiger partial charge in [0.15, 0.2) is 6.10 Å². The summed E-state index contributed by atoms with van der Waals surface area (Å²) < 4.78 is 18.8. The number of carbonyl (C=O) groups excluding carboxylic acids is 1. The SMILES string of the molecule is C[C@@H](Oc1ccccc1)C(=O)N/N=C\c1ccccc1F. The molecular formula is C16H15FN2O2. The van der Waals surface area contributed by atoms with Crippen molar-refractivity contribution >= 4 is 12.1 Å². The minimum absolute atomic E-state index is 0.300. The number of ether oxygens (including phenoxy) is 1. The molecule has 4 nitrogen and oxygen atoms in total. The number of amides is 1. The van der Waals surface area contributed by atoms with Crippen molar-refractivity contribution in [1.29, 1.82) is 0 Å². The van der Waals surface area contributed by atoms with Crippen molar-refractivity contribution in [1.82, 2.24) is 5.43 Å². The first-order chi connectivity index (χ1) is 10.2. The third-order valence-corrected chi connectivity index (χ3v) is 2.71. The Morgan fingerprint density at radius 1 is 1.19 bits per heavy atom. The van der Waals surface area contributed by atoms with Crippen molar-refractivity contribution in [3.05, 3.63) is 66.0 Å². The number of carbonyl (C=O) groups is 1. The maximum atomic E-state index is 13.3. The molecule has 2 rings (SSSR count). The third-order valence-electron chi connectivity index (χ3n) is 2.71. The van der Waals surface area contributed by atoms with Crippen LogP contribution < -0.4 is 10.2 Å². The lowest BCUT2D eigenvalue weighted by Gasteiger charge is -2.12. The molecule has 1 N–H and O–H groups in total. The summed E-state index contributed by atoms with van der Waals surface area (Å²) in [5.74, 6) is -0.214. The first-order valence-corrected chi connectivity index (χ1v) is 6.46. The van der Waals surface area contributed by atoms with Gasteiger partial charge in [-0.25, -0.2) is 9.82 Å². The van der Waals surface area contributed by atoms with Crippen LogP contribution in [0.15, 0.2) is 59.7 Å². The number of halogens is 1. The highest BCUT2D eigenvalue weighted by atomic mass is 19.1. The molecule has 108 valence electrons. The predicted octanol–water partition coefficient (Wildman–Crippen LogP) is 2.74. The summed E-state index contributed by atoms with van der Waals surface area (Å²) >= 11 is 0. The Kier molecular flexibility index (Phi) is 5.04. The highest BCUT2D eigenvalue weighted by Gasteiger charge is 2.13. The minimum atomic E-state index is -0.704. The molecule has 0 spiro atoms. The summed E-state index contributed by atoms with van der Waals surface area (Å²) in [5.41, 5.74) is 2.62. The van der Waals surface area contributed by atoms with Gasteiger partial charge in [-0.1, -0.05) is 36.4 Å². The molecule has 0 aliphatic heterocycles. The Balaban J connectivity index is 1.88. The molecule has 0 aromatic heterocycles. The molecule has 0 saturated heterocycles. The van der Waals surface area contributed by atoms with E-state index >= 15 is 0 Å². The smallest absolute Gasteiger partial charge is 0.280 e. The second kappa shape index (κ2) is 7.19. The predicted molar refractivity (Wildman–Crippen MR) is 78.7 cm³/mol. The zero-order chi connectivity index (χ0) is 15.1. The monoisotopic (exact) mass is 286 g/mol. The first kappa shape index (κ1) is 14.7. The maximum Gasteiger partial charge on any atom is 0.280 e. The normalized spacial score (nSPS) is 12.1. The molecule has 2 aromatic carbocycles. The van der Waals surface area contributed by atoms with E-state index in [2.05, 4.69) is 10.5 Å². The molecule has 0 saturated carbocycles. The lowest BCUT2D eigenvalue weighted by molar-refractivity contribution is -0.127. The third kappa shape index (κ3) is 4.42. The van der Waals surface area contributed by atoms with Crippen LogP contribution in [0.1, 0.15) is 12.5 Å². The number of hydrazone groups is 1. The largest absolute Gasteiger partial charge is 0.481 e. The van der Waals surface area contributed by atoms with Gasteiger partial charge in [0.1, 0.15) is 11.6 Å². The fraction of sp³-hybridized carbons (Fsp3) is 0.125. The summed E-state index contributed by atoms with van der Waals surface area (Å²) in [6.45, 7) is 1.61. The lowest BCUT2D eigenvalue weighted by Crippen LogP contribution is -2.33. The molecule has 0 aliphatic rings. The van der Waals surface area contributed by atoms with Crippen LogP contribution in [0.25, 0.3) is 0 Å². The topological polar surface area (TPSA) is 50.7 Å². The standard InChI is InChI=1S/C16H15FN2O2/c1-12(21-14-8-3-2-4-9-14)16(20)19-18-11-13-7-5-6-10-15(13)17/h2-12H,1H3,(H,19,20)/b18-11-/t12-/m1/s1. The quantitative estimate of drug-likeness (QED) is 0.678. The molecule has 0 fully saturated rings. The van der Waals surface area contributed by atoms with Crippen LogP contribution in [0.3, 0.4) is 0 Å². The van der Waals surface area contributed by atoms with Crippen LogP contribution in [0.2, 0.25) is 0 Å². The molecule has 0 aliphatic carbocycles. The van der Waals surface area contributed by atoms with E-state index in [9.17, 15) is 9.18 Å². The number of para-hydroxylation sites is 1. The zero-order valence-electron chi connectivity index (χ0n) is 11.5. The van der Waals surface area contributed by atoms with Crippen molar-refractivity contribution in [2.24, 2.45) is 5.10 Å².